The van der Waals surface area contributed by atoms with E-state index in [-0.39, 0.29) is 5.91 Å². The third kappa shape index (κ3) is 4.17. The Bertz CT molecular complexity index is 1150. The highest BCUT2D eigenvalue weighted by Crippen LogP contribution is 2.32. The minimum atomic E-state index is -0.0179. The molecule has 0 N–H and O–H groups in total. The van der Waals surface area contributed by atoms with Crippen LogP contribution in [0.3, 0.4) is 0 Å². The van der Waals surface area contributed by atoms with Gasteiger partial charge in [0.15, 0.2) is 5.13 Å². The fourth-order valence-corrected chi connectivity index (χ4v) is 4.10. The van der Waals surface area contributed by atoms with Crippen LogP contribution in [0.2, 0.25) is 0 Å². The van der Waals surface area contributed by atoms with Gasteiger partial charge in [-0.15, -0.1) is 0 Å². The highest BCUT2D eigenvalue weighted by atomic mass is 32.1. The summed E-state index contributed by atoms with van der Waals surface area (Å²) in [6.07, 6.45) is 1.92. The molecule has 0 aliphatic heterocycles. The molecule has 0 bridgehead atoms. The summed E-state index contributed by atoms with van der Waals surface area (Å²) in [5.74, 6) is 1.44. The van der Waals surface area contributed by atoms with Gasteiger partial charge in [0.2, 0.25) is 5.91 Å². The van der Waals surface area contributed by atoms with Crippen molar-refractivity contribution in [1.82, 2.24) is 4.98 Å². The Balaban J connectivity index is 1.67. The summed E-state index contributed by atoms with van der Waals surface area (Å²) >= 11 is 1.49. The van der Waals surface area contributed by atoms with Gasteiger partial charge in [0.1, 0.15) is 11.5 Å². The molecule has 2 aromatic heterocycles. The first-order valence-electron chi connectivity index (χ1n) is 9.37. The maximum absolute atomic E-state index is 13.3. The first-order chi connectivity index (χ1) is 14.0. The van der Waals surface area contributed by atoms with E-state index in [1.807, 2.05) is 36.4 Å². The molecule has 148 valence electrons. The highest BCUT2D eigenvalue weighted by molar-refractivity contribution is 7.22. The van der Waals surface area contributed by atoms with Crippen LogP contribution in [0.15, 0.2) is 59.2 Å². The maximum atomic E-state index is 13.3. The molecule has 6 heteroatoms. The van der Waals surface area contributed by atoms with E-state index in [2.05, 4.69) is 26.0 Å². The van der Waals surface area contributed by atoms with E-state index in [1.54, 1.807) is 18.3 Å². The van der Waals surface area contributed by atoms with Gasteiger partial charge in [-0.25, -0.2) is 4.98 Å². The van der Waals surface area contributed by atoms with Gasteiger partial charge in [-0.1, -0.05) is 29.5 Å². The second kappa shape index (κ2) is 8.09. The smallest absolute Gasteiger partial charge is 0.233 e. The zero-order valence-corrected chi connectivity index (χ0v) is 17.5. The Morgan fingerprint density at radius 3 is 2.72 bits per heavy atom. The van der Waals surface area contributed by atoms with E-state index in [1.165, 1.54) is 22.5 Å². The molecule has 1 amide bonds. The number of fused-ring (bicyclic) bond motifs is 1. The van der Waals surface area contributed by atoms with Crippen molar-refractivity contribution < 1.29 is 13.9 Å². The number of aromatic nitrogens is 1. The topological polar surface area (TPSA) is 55.6 Å². The predicted octanol–water partition coefficient (Wildman–Crippen LogP) is 5.29. The quantitative estimate of drug-likeness (QED) is 0.436. The predicted molar refractivity (Wildman–Crippen MR) is 116 cm³/mol. The molecule has 0 saturated carbocycles. The van der Waals surface area contributed by atoms with Crippen molar-refractivity contribution >= 4 is 32.6 Å². The van der Waals surface area contributed by atoms with Gasteiger partial charge in [0, 0.05) is 6.07 Å². The van der Waals surface area contributed by atoms with Gasteiger partial charge in [-0.3, -0.25) is 9.69 Å². The number of amides is 1. The zero-order valence-electron chi connectivity index (χ0n) is 16.6. The van der Waals surface area contributed by atoms with Crippen LogP contribution in [0.5, 0.6) is 5.75 Å². The molecule has 0 saturated heterocycles. The lowest BCUT2D eigenvalue weighted by atomic mass is 10.0. The highest BCUT2D eigenvalue weighted by Gasteiger charge is 2.22. The number of anilines is 1. The van der Waals surface area contributed by atoms with E-state index in [9.17, 15) is 4.79 Å². The number of methoxy groups -OCH3 is 1. The van der Waals surface area contributed by atoms with Gasteiger partial charge in [-0.2, -0.15) is 0 Å². The van der Waals surface area contributed by atoms with Crippen LogP contribution >= 0.6 is 11.3 Å². The Morgan fingerprint density at radius 1 is 1.14 bits per heavy atom. The Hall–Kier alpha value is -3.12. The lowest BCUT2D eigenvalue weighted by Crippen LogP contribution is -2.31. The van der Waals surface area contributed by atoms with E-state index < -0.39 is 0 Å². The number of rotatable bonds is 6. The Morgan fingerprint density at radius 2 is 2.00 bits per heavy atom. The van der Waals surface area contributed by atoms with Crippen LogP contribution in [0, 0.1) is 13.8 Å². The molecule has 4 rings (SSSR count). The number of carbonyl (C=O) groups is 1. The van der Waals surface area contributed by atoms with Crippen molar-refractivity contribution in [3.63, 3.8) is 0 Å². The summed E-state index contributed by atoms with van der Waals surface area (Å²) < 4.78 is 11.8. The second-order valence-corrected chi connectivity index (χ2v) is 7.99. The van der Waals surface area contributed by atoms with Crippen LogP contribution in [0.25, 0.3) is 10.2 Å². The molecule has 2 aromatic carbocycles. The monoisotopic (exact) mass is 406 g/mol. The van der Waals surface area contributed by atoms with Crippen LogP contribution in [0.4, 0.5) is 5.13 Å². The van der Waals surface area contributed by atoms with E-state index in [4.69, 9.17) is 14.1 Å². The molecule has 4 aromatic rings. The Labute approximate surface area is 173 Å². The summed E-state index contributed by atoms with van der Waals surface area (Å²) in [4.78, 5) is 19.7. The van der Waals surface area contributed by atoms with E-state index >= 15 is 0 Å². The number of hydrogen-bond acceptors (Lipinski definition) is 5. The molecular weight excluding hydrogens is 384 g/mol. The second-order valence-electron chi connectivity index (χ2n) is 6.98. The standard InChI is InChI=1S/C23H22N2O3S/c1-15-6-7-17(11-16(15)2)12-22(26)25(14-19-5-4-10-28-19)23-24-20-13-18(27-3)8-9-21(20)29-23/h4-11,13H,12,14H2,1-3H3. The number of benzene rings is 2. The summed E-state index contributed by atoms with van der Waals surface area (Å²) in [5.41, 5.74) is 4.20. The fourth-order valence-electron chi connectivity index (χ4n) is 3.14. The van der Waals surface area contributed by atoms with Crippen molar-refractivity contribution in [2.75, 3.05) is 12.0 Å². The van der Waals surface area contributed by atoms with Gasteiger partial charge in [0.05, 0.1) is 36.6 Å². The summed E-state index contributed by atoms with van der Waals surface area (Å²) in [5, 5.41) is 0.651. The molecule has 2 heterocycles. The minimum absolute atomic E-state index is 0.0179. The van der Waals surface area contributed by atoms with Crippen molar-refractivity contribution in [1.29, 1.82) is 0 Å². The molecule has 0 radical (unpaired) electrons. The Kier molecular flexibility index (Phi) is 5.36. The largest absolute Gasteiger partial charge is 0.497 e. The SMILES string of the molecule is COc1ccc2sc(N(Cc3ccco3)C(=O)Cc3ccc(C)c(C)c3)nc2c1. The van der Waals surface area contributed by atoms with Crippen molar-refractivity contribution in [3.8, 4) is 5.75 Å². The molecular formula is C23H22N2O3S. The molecule has 29 heavy (non-hydrogen) atoms. The normalized spacial score (nSPS) is 11.0. The number of aryl methyl sites for hydroxylation is 2. The molecule has 0 fully saturated rings. The van der Waals surface area contributed by atoms with Crippen molar-refractivity contribution in [3.05, 3.63) is 77.2 Å². The summed E-state index contributed by atoms with van der Waals surface area (Å²) in [7, 11) is 1.63. The molecule has 0 aliphatic rings. The molecule has 0 unspecified atom stereocenters. The van der Waals surface area contributed by atoms with Crippen LogP contribution in [-0.4, -0.2) is 18.0 Å². The van der Waals surface area contributed by atoms with Crippen LogP contribution < -0.4 is 9.64 Å². The lowest BCUT2D eigenvalue weighted by molar-refractivity contribution is -0.118. The first kappa shape index (κ1) is 19.2. The van der Waals surface area contributed by atoms with Crippen LogP contribution in [0.1, 0.15) is 22.5 Å². The summed E-state index contributed by atoms with van der Waals surface area (Å²) in [6, 6.07) is 15.6. The van der Waals surface area contributed by atoms with Crippen molar-refractivity contribution in [2.45, 2.75) is 26.8 Å². The first-order valence-corrected chi connectivity index (χ1v) is 10.2. The molecule has 5 nitrogen and oxygen atoms in total. The number of thiazole rings is 1. The number of ether oxygens (including phenoxy) is 1. The van der Waals surface area contributed by atoms with Gasteiger partial charge >= 0.3 is 0 Å². The third-order valence-corrected chi connectivity index (χ3v) is 6.00. The third-order valence-electron chi connectivity index (χ3n) is 4.94. The average molecular weight is 407 g/mol. The van der Waals surface area contributed by atoms with Gasteiger partial charge in [-0.05, 0) is 54.8 Å². The fraction of sp³-hybridized carbons (Fsp3) is 0.217. The van der Waals surface area contributed by atoms with Gasteiger partial charge < -0.3 is 9.15 Å². The maximum Gasteiger partial charge on any atom is 0.233 e. The number of hydrogen-bond donors (Lipinski definition) is 0. The number of nitrogens with zero attached hydrogens (tertiary/aromatic N) is 2. The van der Waals surface area contributed by atoms with Crippen LogP contribution in [-0.2, 0) is 17.8 Å². The summed E-state index contributed by atoms with van der Waals surface area (Å²) in [6.45, 7) is 4.47. The lowest BCUT2D eigenvalue weighted by Gasteiger charge is -2.19. The molecule has 0 atom stereocenters. The molecule has 0 aliphatic carbocycles. The van der Waals surface area contributed by atoms with Gasteiger partial charge in [0.25, 0.3) is 0 Å². The zero-order chi connectivity index (χ0) is 20.4. The van der Waals surface area contributed by atoms with E-state index in [0.29, 0.717) is 18.1 Å². The molecule has 0 spiro atoms. The average Bonchev–Trinajstić information content (AvgIpc) is 3.37. The van der Waals surface area contributed by atoms with E-state index in [0.717, 1.165) is 27.3 Å². The number of furan rings is 1. The number of carbonyl (C=O) groups excluding carboxylic acids is 1. The van der Waals surface area contributed by atoms with Crippen molar-refractivity contribution in [2.24, 2.45) is 0 Å². The minimum Gasteiger partial charge on any atom is -0.497 e.